The molecule has 72 valence electrons. The average molecular weight is 233 g/mol. The van der Waals surface area contributed by atoms with Gasteiger partial charge in [-0.25, -0.2) is 4.39 Å². The van der Waals surface area contributed by atoms with Gasteiger partial charge in [-0.3, -0.25) is 0 Å². The highest BCUT2D eigenvalue weighted by atomic mass is 35.5. The molecule has 0 bridgehead atoms. The Kier molecular flexibility index (Phi) is 1.68. The van der Waals surface area contributed by atoms with Gasteiger partial charge in [0.25, 0.3) is 0 Å². The van der Waals surface area contributed by atoms with Gasteiger partial charge in [-0.1, -0.05) is 23.2 Å². The quantitative estimate of drug-likeness (QED) is 0.445. The van der Waals surface area contributed by atoms with Crippen LogP contribution in [-0.4, -0.2) is 22.1 Å². The van der Waals surface area contributed by atoms with Crippen molar-refractivity contribution in [2.45, 2.75) is 22.1 Å². The second-order valence-corrected chi connectivity index (χ2v) is 3.63. The van der Waals surface area contributed by atoms with Crippen LogP contribution in [0.2, 0.25) is 0 Å². The minimum absolute atomic E-state index is 3.70. The van der Waals surface area contributed by atoms with E-state index in [-0.39, 0.29) is 0 Å². The van der Waals surface area contributed by atoms with Crippen molar-refractivity contribution < 1.29 is 26.3 Å². The highest BCUT2D eigenvalue weighted by Gasteiger charge is 3.03. The minimum Gasteiger partial charge on any atom is -0.223 e. The molecule has 1 unspecified atom stereocenters. The third-order valence-corrected chi connectivity index (χ3v) is 2.58. The van der Waals surface area contributed by atoms with Crippen molar-refractivity contribution in [3.05, 3.63) is 0 Å². The summed E-state index contributed by atoms with van der Waals surface area (Å²) >= 11 is 8.89. The van der Waals surface area contributed by atoms with Crippen LogP contribution in [0.3, 0.4) is 0 Å². The molecule has 0 aliphatic heterocycles. The molecule has 12 heavy (non-hydrogen) atoms. The zero-order chi connectivity index (χ0) is 10.0. The minimum atomic E-state index is -5.76. The maximum absolute atomic E-state index is 12.4. The van der Waals surface area contributed by atoms with E-state index in [2.05, 4.69) is 23.2 Å². The van der Waals surface area contributed by atoms with Gasteiger partial charge in [0.15, 0.2) is 0 Å². The summed E-state index contributed by atoms with van der Waals surface area (Å²) in [6.45, 7) is 0. The Morgan fingerprint density at radius 2 is 1.17 bits per heavy atom. The van der Waals surface area contributed by atoms with Gasteiger partial charge < -0.3 is 0 Å². The Morgan fingerprint density at radius 3 is 1.17 bits per heavy atom. The summed E-state index contributed by atoms with van der Waals surface area (Å²) in [5, 5.41) is 0. The van der Waals surface area contributed by atoms with Crippen molar-refractivity contribution in [1.82, 2.24) is 0 Å². The van der Waals surface area contributed by atoms with Crippen LogP contribution in [0.25, 0.3) is 0 Å². The summed E-state index contributed by atoms with van der Waals surface area (Å²) in [6, 6.07) is 0. The highest BCUT2D eigenvalue weighted by molar-refractivity contribution is 6.53. The van der Waals surface area contributed by atoms with E-state index in [9.17, 15) is 26.3 Å². The molecule has 1 atom stereocenters. The van der Waals surface area contributed by atoms with Crippen LogP contribution in [0, 0.1) is 0 Å². The molecule has 0 N–H and O–H groups in total. The van der Waals surface area contributed by atoms with Crippen molar-refractivity contribution in [2.24, 2.45) is 0 Å². The standard InChI is InChI=1S/C4Cl2F6/c5-2(6)1(7,3(2,8)9)4(10,11)12. The summed E-state index contributed by atoms with van der Waals surface area (Å²) in [4.78, 5) is 0. The van der Waals surface area contributed by atoms with E-state index in [1.807, 2.05) is 0 Å². The molecule has 0 radical (unpaired) electrons. The lowest BCUT2D eigenvalue weighted by molar-refractivity contribution is -0.217. The van der Waals surface area contributed by atoms with E-state index >= 15 is 0 Å². The predicted octanol–water partition coefficient (Wildman–Crippen LogP) is 3.08. The maximum Gasteiger partial charge on any atom is 0.431 e. The predicted molar refractivity (Wildman–Crippen MR) is 29.3 cm³/mol. The molecule has 1 aliphatic carbocycles. The molecule has 0 aromatic heterocycles. The molecule has 0 amide bonds. The Bertz CT molecular complexity index is 204. The van der Waals surface area contributed by atoms with Crippen molar-refractivity contribution >= 4 is 23.2 Å². The molecule has 1 saturated carbocycles. The van der Waals surface area contributed by atoms with E-state index < -0.39 is 22.1 Å². The van der Waals surface area contributed by atoms with Crippen molar-refractivity contribution in [3.63, 3.8) is 0 Å². The fourth-order valence-electron chi connectivity index (χ4n) is 0.743. The van der Waals surface area contributed by atoms with Gasteiger partial charge in [0.05, 0.1) is 0 Å². The van der Waals surface area contributed by atoms with Crippen molar-refractivity contribution in [3.8, 4) is 0 Å². The normalized spacial score (nSPS) is 38.0. The van der Waals surface area contributed by atoms with Crippen LogP contribution in [-0.2, 0) is 0 Å². The van der Waals surface area contributed by atoms with E-state index in [0.717, 1.165) is 0 Å². The number of hydrogen-bond donors (Lipinski definition) is 0. The first-order chi connectivity index (χ1) is 5.00. The molecule has 0 heterocycles. The summed E-state index contributed by atoms with van der Waals surface area (Å²) in [7, 11) is 0. The third-order valence-electron chi connectivity index (χ3n) is 1.59. The molecule has 0 saturated heterocycles. The second-order valence-electron chi connectivity index (χ2n) is 2.31. The largest absolute Gasteiger partial charge is 0.431 e. The molecule has 1 aliphatic rings. The second kappa shape index (κ2) is 1.97. The van der Waals surface area contributed by atoms with E-state index in [1.54, 1.807) is 0 Å². The van der Waals surface area contributed by atoms with Gasteiger partial charge in [-0.05, 0) is 0 Å². The monoisotopic (exact) mass is 232 g/mol. The first-order valence-electron chi connectivity index (χ1n) is 2.51. The fourth-order valence-corrected chi connectivity index (χ4v) is 1.36. The van der Waals surface area contributed by atoms with Gasteiger partial charge in [0.1, 0.15) is 0 Å². The molecule has 1 rings (SSSR count). The zero-order valence-electron chi connectivity index (χ0n) is 5.02. The summed E-state index contributed by atoms with van der Waals surface area (Å²) in [5.41, 5.74) is -4.82. The van der Waals surface area contributed by atoms with Crippen molar-refractivity contribution in [2.75, 3.05) is 0 Å². The number of alkyl halides is 8. The smallest absolute Gasteiger partial charge is 0.223 e. The van der Waals surface area contributed by atoms with Gasteiger partial charge >= 0.3 is 17.8 Å². The first kappa shape index (κ1) is 10.2. The molecule has 0 spiro atoms. The lowest BCUT2D eigenvalue weighted by Gasteiger charge is -2.10. The Labute approximate surface area is 72.4 Å². The van der Waals surface area contributed by atoms with Crippen LogP contribution >= 0.6 is 23.2 Å². The van der Waals surface area contributed by atoms with Gasteiger partial charge in [-0.15, -0.1) is 0 Å². The Morgan fingerprint density at radius 1 is 0.917 bits per heavy atom. The van der Waals surface area contributed by atoms with Crippen LogP contribution < -0.4 is 0 Å². The summed E-state index contributed by atoms with van der Waals surface area (Å²) in [6.07, 6.45) is -5.76. The highest BCUT2D eigenvalue weighted by Crippen LogP contribution is 2.76. The number of rotatable bonds is 0. The summed E-state index contributed by atoms with van der Waals surface area (Å²) < 4.78 is 67.7. The van der Waals surface area contributed by atoms with Gasteiger partial charge in [0.2, 0.25) is 4.33 Å². The number of halogens is 8. The molecular weight excluding hydrogens is 233 g/mol. The molecule has 8 heteroatoms. The Balaban J connectivity index is 3.09. The topological polar surface area (TPSA) is 0 Å². The van der Waals surface area contributed by atoms with Crippen LogP contribution in [0.15, 0.2) is 0 Å². The van der Waals surface area contributed by atoms with E-state index in [1.165, 1.54) is 0 Å². The lowest BCUT2D eigenvalue weighted by atomic mass is 10.3. The first-order valence-corrected chi connectivity index (χ1v) is 3.27. The molecule has 0 aromatic carbocycles. The van der Waals surface area contributed by atoms with Gasteiger partial charge in [-0.2, -0.15) is 22.0 Å². The van der Waals surface area contributed by atoms with E-state index in [4.69, 9.17) is 0 Å². The zero-order valence-corrected chi connectivity index (χ0v) is 6.54. The van der Waals surface area contributed by atoms with E-state index in [0.29, 0.717) is 0 Å². The van der Waals surface area contributed by atoms with Crippen LogP contribution in [0.4, 0.5) is 26.3 Å². The Hall–Kier alpha value is 0.160. The summed E-state index contributed by atoms with van der Waals surface area (Å²) in [5.74, 6) is -4.78. The molecule has 0 aromatic rings. The van der Waals surface area contributed by atoms with Crippen molar-refractivity contribution in [1.29, 1.82) is 0 Å². The molecular formula is C4Cl2F6. The maximum atomic E-state index is 12.4. The molecule has 0 nitrogen and oxygen atoms in total. The van der Waals surface area contributed by atoms with Crippen LogP contribution in [0.5, 0.6) is 0 Å². The fraction of sp³-hybridized carbons (Fsp3) is 1.00. The average Bonchev–Trinajstić information content (AvgIpc) is 2.09. The number of hydrogen-bond acceptors (Lipinski definition) is 0. The molecule has 1 fully saturated rings. The third kappa shape index (κ3) is 0.731. The SMILES string of the molecule is FC(F)(F)C1(F)C(F)(F)C1(Cl)Cl. The van der Waals surface area contributed by atoms with Crippen LogP contribution in [0.1, 0.15) is 0 Å². The lowest BCUT2D eigenvalue weighted by Crippen LogP contribution is -2.34. The van der Waals surface area contributed by atoms with Gasteiger partial charge in [0, 0.05) is 0 Å².